The molecule has 2 aromatic carbocycles. The lowest BCUT2D eigenvalue weighted by atomic mass is 10.1. The number of hydrogen-bond acceptors (Lipinski definition) is 3. The largest absolute Gasteiger partial charge is 0.508 e. The number of aromatic hydroxyl groups is 1. The molecule has 2 N–H and O–H groups in total. The van der Waals surface area contributed by atoms with Crippen molar-refractivity contribution in [3.8, 4) is 11.5 Å². The Kier molecular flexibility index (Phi) is 9.87. The van der Waals surface area contributed by atoms with Gasteiger partial charge in [-0.1, -0.05) is 30.3 Å². The van der Waals surface area contributed by atoms with Crippen LogP contribution < -0.4 is 10.1 Å². The molecule has 0 spiro atoms. The average Bonchev–Trinajstić information content (AvgIpc) is 2.63. The Morgan fingerprint density at radius 1 is 1.15 bits per heavy atom. The number of para-hydroxylation sites is 1. The number of nitrogens with zero attached hydrogens (tertiary/aromatic N) is 2. The summed E-state index contributed by atoms with van der Waals surface area (Å²) in [6.45, 7) is 1.56. The number of phenols is 1. The molecule has 0 saturated carbocycles. The molecule has 0 heterocycles. The molecule has 0 aromatic heterocycles. The van der Waals surface area contributed by atoms with Crippen molar-refractivity contribution in [3.63, 3.8) is 0 Å². The van der Waals surface area contributed by atoms with E-state index < -0.39 is 0 Å². The molecule has 0 aliphatic carbocycles. The fourth-order valence-electron chi connectivity index (χ4n) is 2.70. The third-order valence-electron chi connectivity index (χ3n) is 4.04. The van der Waals surface area contributed by atoms with E-state index in [-0.39, 0.29) is 24.0 Å². The Balaban J connectivity index is 0.00000338. The van der Waals surface area contributed by atoms with Crippen LogP contribution in [0.1, 0.15) is 17.5 Å². The molecule has 0 amide bonds. The highest BCUT2D eigenvalue weighted by Crippen LogP contribution is 2.18. The minimum absolute atomic E-state index is 0. The summed E-state index contributed by atoms with van der Waals surface area (Å²) < 4.78 is 5.41. The Morgan fingerprint density at radius 2 is 1.85 bits per heavy atom. The van der Waals surface area contributed by atoms with Crippen LogP contribution >= 0.6 is 24.0 Å². The van der Waals surface area contributed by atoms with Gasteiger partial charge in [0.05, 0.1) is 7.11 Å². The molecule has 0 atom stereocenters. The standard InChI is InChI=1S/C20H27N3O2.HI/c1-21-20(22-14-6-7-16-10-12-18(24)13-11-16)23(2)15-17-8-4-5-9-19(17)25-3;/h4-5,8-13,24H,6-7,14-15H2,1-3H3,(H,21,22);1H. The number of methoxy groups -OCH3 is 1. The van der Waals surface area contributed by atoms with Gasteiger partial charge in [-0.05, 0) is 36.6 Å². The average molecular weight is 469 g/mol. The fourth-order valence-corrected chi connectivity index (χ4v) is 2.70. The summed E-state index contributed by atoms with van der Waals surface area (Å²) in [7, 11) is 5.50. The number of benzene rings is 2. The van der Waals surface area contributed by atoms with E-state index in [1.165, 1.54) is 5.56 Å². The molecule has 6 heteroatoms. The van der Waals surface area contributed by atoms with E-state index >= 15 is 0 Å². The summed E-state index contributed by atoms with van der Waals surface area (Å²) in [6.07, 6.45) is 1.95. The molecule has 2 rings (SSSR count). The molecule has 0 fully saturated rings. The molecule has 0 bridgehead atoms. The zero-order valence-corrected chi connectivity index (χ0v) is 17.9. The van der Waals surface area contributed by atoms with E-state index in [4.69, 9.17) is 4.74 Å². The number of rotatable bonds is 7. The first-order chi connectivity index (χ1) is 12.1. The summed E-state index contributed by atoms with van der Waals surface area (Å²) in [5.41, 5.74) is 2.34. The maximum atomic E-state index is 9.31. The van der Waals surface area contributed by atoms with E-state index in [1.807, 2.05) is 37.4 Å². The summed E-state index contributed by atoms with van der Waals surface area (Å²) in [5, 5.41) is 12.7. The van der Waals surface area contributed by atoms with Gasteiger partial charge in [-0.3, -0.25) is 4.99 Å². The van der Waals surface area contributed by atoms with Gasteiger partial charge in [-0.25, -0.2) is 0 Å². The van der Waals surface area contributed by atoms with Crippen molar-refractivity contribution in [2.45, 2.75) is 19.4 Å². The van der Waals surface area contributed by atoms with E-state index in [0.29, 0.717) is 5.75 Å². The summed E-state index contributed by atoms with van der Waals surface area (Å²) in [6, 6.07) is 15.4. The molecule has 26 heavy (non-hydrogen) atoms. The highest BCUT2D eigenvalue weighted by Gasteiger charge is 2.09. The van der Waals surface area contributed by atoms with Crippen molar-refractivity contribution in [1.82, 2.24) is 10.2 Å². The zero-order chi connectivity index (χ0) is 18.1. The van der Waals surface area contributed by atoms with Crippen molar-refractivity contribution in [3.05, 3.63) is 59.7 Å². The third-order valence-corrected chi connectivity index (χ3v) is 4.04. The predicted molar refractivity (Wildman–Crippen MR) is 118 cm³/mol. The SMILES string of the molecule is CN=C(NCCCc1ccc(O)cc1)N(C)Cc1ccccc1OC.I. The van der Waals surface area contributed by atoms with Gasteiger partial charge in [-0.15, -0.1) is 24.0 Å². The Labute approximate surface area is 173 Å². The Morgan fingerprint density at radius 3 is 2.50 bits per heavy atom. The van der Waals surface area contributed by atoms with Crippen LogP contribution in [0.25, 0.3) is 0 Å². The van der Waals surface area contributed by atoms with E-state index in [0.717, 1.165) is 43.2 Å². The number of phenolic OH excluding ortho intramolecular Hbond substituents is 1. The van der Waals surface area contributed by atoms with Gasteiger partial charge in [0.1, 0.15) is 11.5 Å². The first-order valence-corrected chi connectivity index (χ1v) is 8.45. The number of aryl methyl sites for hydroxylation is 1. The number of halogens is 1. The van der Waals surface area contributed by atoms with Crippen molar-refractivity contribution >= 4 is 29.9 Å². The molecule has 0 aliphatic heterocycles. The number of nitrogens with one attached hydrogen (secondary N) is 1. The summed E-state index contributed by atoms with van der Waals surface area (Å²) in [4.78, 5) is 6.44. The summed E-state index contributed by atoms with van der Waals surface area (Å²) >= 11 is 0. The maximum absolute atomic E-state index is 9.31. The second-order valence-electron chi connectivity index (χ2n) is 5.91. The van der Waals surface area contributed by atoms with Crippen LogP contribution in [0.5, 0.6) is 11.5 Å². The Bertz CT molecular complexity index is 690. The monoisotopic (exact) mass is 469 g/mol. The van der Waals surface area contributed by atoms with E-state index in [1.54, 1.807) is 26.3 Å². The van der Waals surface area contributed by atoms with Crippen molar-refractivity contribution in [2.75, 3.05) is 27.7 Å². The second-order valence-corrected chi connectivity index (χ2v) is 5.91. The maximum Gasteiger partial charge on any atom is 0.193 e. The molecule has 0 unspecified atom stereocenters. The number of hydrogen-bond donors (Lipinski definition) is 2. The van der Waals surface area contributed by atoms with Crippen molar-refractivity contribution in [1.29, 1.82) is 0 Å². The van der Waals surface area contributed by atoms with Gasteiger partial charge in [0.2, 0.25) is 0 Å². The minimum atomic E-state index is 0. The second kappa shape index (κ2) is 11.6. The van der Waals surface area contributed by atoms with E-state index in [9.17, 15) is 5.11 Å². The van der Waals surface area contributed by atoms with Crippen LogP contribution in [0.15, 0.2) is 53.5 Å². The number of aliphatic imine (C=N–C) groups is 1. The quantitative estimate of drug-likeness (QED) is 0.281. The third kappa shape index (κ3) is 6.74. The van der Waals surface area contributed by atoms with Gasteiger partial charge in [0, 0.05) is 32.7 Å². The number of guanidine groups is 1. The fraction of sp³-hybridized carbons (Fsp3) is 0.350. The molecular formula is C20H28IN3O2. The van der Waals surface area contributed by atoms with Crippen molar-refractivity contribution in [2.24, 2.45) is 4.99 Å². The van der Waals surface area contributed by atoms with Crippen LogP contribution in [0.3, 0.4) is 0 Å². The number of ether oxygens (including phenoxy) is 1. The molecule has 0 aliphatic rings. The smallest absolute Gasteiger partial charge is 0.193 e. The van der Waals surface area contributed by atoms with Gasteiger partial charge < -0.3 is 20.1 Å². The molecule has 0 saturated heterocycles. The highest BCUT2D eigenvalue weighted by atomic mass is 127. The molecular weight excluding hydrogens is 441 g/mol. The highest BCUT2D eigenvalue weighted by molar-refractivity contribution is 14.0. The van der Waals surface area contributed by atoms with Crippen molar-refractivity contribution < 1.29 is 9.84 Å². The summed E-state index contributed by atoms with van der Waals surface area (Å²) in [5.74, 6) is 2.05. The van der Waals surface area contributed by atoms with Crippen LogP contribution in [-0.2, 0) is 13.0 Å². The van der Waals surface area contributed by atoms with E-state index in [2.05, 4.69) is 21.3 Å². The van der Waals surface area contributed by atoms with Gasteiger partial charge >= 0.3 is 0 Å². The lowest BCUT2D eigenvalue weighted by Gasteiger charge is -2.23. The molecule has 0 radical (unpaired) electrons. The normalized spacial score (nSPS) is 10.8. The van der Waals surface area contributed by atoms with Gasteiger partial charge in [-0.2, -0.15) is 0 Å². The first kappa shape index (κ1) is 22.1. The lowest BCUT2D eigenvalue weighted by Crippen LogP contribution is -2.39. The van der Waals surface area contributed by atoms with Gasteiger partial charge in [0.15, 0.2) is 5.96 Å². The van der Waals surface area contributed by atoms with Crippen LogP contribution in [-0.4, -0.2) is 43.7 Å². The predicted octanol–water partition coefficient (Wildman–Crippen LogP) is 3.66. The molecule has 5 nitrogen and oxygen atoms in total. The van der Waals surface area contributed by atoms with Crippen LogP contribution in [0.2, 0.25) is 0 Å². The van der Waals surface area contributed by atoms with Crippen LogP contribution in [0, 0.1) is 0 Å². The molecule has 142 valence electrons. The minimum Gasteiger partial charge on any atom is -0.508 e. The first-order valence-electron chi connectivity index (χ1n) is 8.45. The lowest BCUT2D eigenvalue weighted by molar-refractivity contribution is 0.396. The van der Waals surface area contributed by atoms with Crippen LogP contribution in [0.4, 0.5) is 0 Å². The molecule has 2 aromatic rings. The Hall–Kier alpha value is -1.96. The van der Waals surface area contributed by atoms with Gasteiger partial charge in [0.25, 0.3) is 0 Å². The topological polar surface area (TPSA) is 57.1 Å². The zero-order valence-electron chi connectivity index (χ0n) is 15.6.